The van der Waals surface area contributed by atoms with E-state index in [1.165, 1.54) is 4.90 Å². The summed E-state index contributed by atoms with van der Waals surface area (Å²) in [6.45, 7) is 0. The van der Waals surface area contributed by atoms with Crippen molar-refractivity contribution < 1.29 is 4.79 Å². The van der Waals surface area contributed by atoms with Crippen molar-refractivity contribution in [3.63, 3.8) is 0 Å². The van der Waals surface area contributed by atoms with Crippen LogP contribution in [0.5, 0.6) is 0 Å². The monoisotopic (exact) mass is 266 g/mol. The molecule has 5 heteroatoms. The zero-order valence-electron chi connectivity index (χ0n) is 11.3. The molecule has 0 bridgehead atoms. The van der Waals surface area contributed by atoms with Crippen molar-refractivity contribution in [2.45, 2.75) is 0 Å². The van der Waals surface area contributed by atoms with Gasteiger partial charge in [0.25, 0.3) is 5.91 Å². The number of nitrogens with zero attached hydrogens (tertiary/aromatic N) is 3. The molecule has 0 aliphatic carbocycles. The minimum Gasteiger partial charge on any atom is -0.373 e. The van der Waals surface area contributed by atoms with E-state index in [2.05, 4.69) is 10.3 Å². The lowest BCUT2D eigenvalue weighted by Gasteiger charge is -2.17. The van der Waals surface area contributed by atoms with E-state index in [1.807, 2.05) is 6.07 Å². The number of hydrogen-bond acceptors (Lipinski definition) is 4. The van der Waals surface area contributed by atoms with E-state index in [1.54, 1.807) is 56.7 Å². The quantitative estimate of drug-likeness (QED) is 0.925. The van der Waals surface area contributed by atoms with Crippen LogP contribution < -0.4 is 10.2 Å². The van der Waals surface area contributed by atoms with Crippen LogP contribution in [0.2, 0.25) is 0 Å². The summed E-state index contributed by atoms with van der Waals surface area (Å²) in [4.78, 5) is 18.0. The molecule has 0 aliphatic rings. The lowest BCUT2D eigenvalue weighted by Crippen LogP contribution is -2.26. The fourth-order valence-corrected chi connectivity index (χ4v) is 1.77. The Morgan fingerprint density at radius 1 is 1.30 bits per heavy atom. The smallest absolute Gasteiger partial charge is 0.258 e. The molecule has 0 saturated heterocycles. The van der Waals surface area contributed by atoms with E-state index in [4.69, 9.17) is 5.26 Å². The summed E-state index contributed by atoms with van der Waals surface area (Å²) in [7, 11) is 3.45. The second kappa shape index (κ2) is 5.85. The number of anilines is 2. The molecule has 20 heavy (non-hydrogen) atoms. The molecule has 0 spiro atoms. The fraction of sp³-hybridized carbons (Fsp3) is 0.133. The molecule has 0 aliphatic heterocycles. The summed E-state index contributed by atoms with van der Waals surface area (Å²) >= 11 is 0. The van der Waals surface area contributed by atoms with Crippen LogP contribution in [0.1, 0.15) is 15.9 Å². The highest BCUT2D eigenvalue weighted by atomic mass is 16.2. The number of hydrogen-bond donors (Lipinski definition) is 1. The number of amides is 1. The summed E-state index contributed by atoms with van der Waals surface area (Å²) in [6.07, 6.45) is 1.59. The molecule has 2 rings (SSSR count). The van der Waals surface area contributed by atoms with Crippen molar-refractivity contribution in [1.29, 1.82) is 5.26 Å². The van der Waals surface area contributed by atoms with Crippen LogP contribution in [0.25, 0.3) is 0 Å². The molecule has 1 aromatic heterocycles. The average molecular weight is 266 g/mol. The normalized spacial score (nSPS) is 9.65. The van der Waals surface area contributed by atoms with Gasteiger partial charge in [0.05, 0.1) is 11.6 Å². The first-order valence-electron chi connectivity index (χ1n) is 6.07. The predicted molar refractivity (Wildman–Crippen MR) is 77.7 cm³/mol. The molecule has 0 fully saturated rings. The SMILES string of the molecule is CNc1cc(C(=O)N(C)c2ccc(C#N)cc2)ccn1. The average Bonchev–Trinajstić information content (AvgIpc) is 2.53. The second-order valence-corrected chi connectivity index (χ2v) is 4.20. The number of carbonyl (C=O) groups excluding carboxylic acids is 1. The fourth-order valence-electron chi connectivity index (χ4n) is 1.77. The first-order chi connectivity index (χ1) is 9.65. The van der Waals surface area contributed by atoms with Gasteiger partial charge in [0.15, 0.2) is 0 Å². The van der Waals surface area contributed by atoms with E-state index in [-0.39, 0.29) is 5.91 Å². The molecule has 1 heterocycles. The van der Waals surface area contributed by atoms with Gasteiger partial charge in [-0.3, -0.25) is 4.79 Å². The van der Waals surface area contributed by atoms with E-state index in [9.17, 15) is 4.79 Å². The first kappa shape index (κ1) is 13.6. The van der Waals surface area contributed by atoms with Gasteiger partial charge in [-0.1, -0.05) is 0 Å². The zero-order valence-corrected chi connectivity index (χ0v) is 11.3. The molecule has 0 atom stereocenters. The Morgan fingerprint density at radius 3 is 2.60 bits per heavy atom. The van der Waals surface area contributed by atoms with Crippen LogP contribution in [-0.4, -0.2) is 25.0 Å². The third-order valence-electron chi connectivity index (χ3n) is 2.95. The van der Waals surface area contributed by atoms with Crippen LogP contribution in [-0.2, 0) is 0 Å². The summed E-state index contributed by atoms with van der Waals surface area (Å²) in [5.74, 6) is 0.512. The second-order valence-electron chi connectivity index (χ2n) is 4.20. The van der Waals surface area contributed by atoms with Crippen LogP contribution in [0.15, 0.2) is 42.6 Å². The summed E-state index contributed by atoms with van der Waals surface area (Å²) < 4.78 is 0. The number of pyridine rings is 1. The number of rotatable bonds is 3. The maximum absolute atomic E-state index is 12.4. The van der Waals surface area contributed by atoms with Gasteiger partial charge in [-0.15, -0.1) is 0 Å². The summed E-state index contributed by atoms with van der Waals surface area (Å²) in [6, 6.07) is 12.3. The third kappa shape index (κ3) is 2.75. The molecule has 0 saturated carbocycles. The first-order valence-corrected chi connectivity index (χ1v) is 6.07. The van der Waals surface area contributed by atoms with Crippen LogP contribution in [0, 0.1) is 11.3 Å². The number of carbonyl (C=O) groups is 1. The predicted octanol–water partition coefficient (Wildman–Crippen LogP) is 2.27. The molecule has 5 nitrogen and oxygen atoms in total. The Balaban J connectivity index is 2.25. The number of aromatic nitrogens is 1. The van der Waals surface area contributed by atoms with E-state index >= 15 is 0 Å². The molecule has 1 N–H and O–H groups in total. The van der Waals surface area contributed by atoms with Gasteiger partial charge in [-0.2, -0.15) is 5.26 Å². The minimum absolute atomic E-state index is 0.131. The van der Waals surface area contributed by atoms with E-state index in [0.717, 1.165) is 5.69 Å². The molecular weight excluding hydrogens is 252 g/mol. The van der Waals surface area contributed by atoms with Gasteiger partial charge in [-0.25, -0.2) is 4.98 Å². The van der Waals surface area contributed by atoms with Crippen molar-refractivity contribution in [2.24, 2.45) is 0 Å². The lowest BCUT2D eigenvalue weighted by molar-refractivity contribution is 0.0993. The van der Waals surface area contributed by atoms with Crippen molar-refractivity contribution >= 4 is 17.4 Å². The minimum atomic E-state index is -0.131. The van der Waals surface area contributed by atoms with Gasteiger partial charge in [-0.05, 0) is 36.4 Å². The highest BCUT2D eigenvalue weighted by molar-refractivity contribution is 6.06. The molecule has 0 radical (unpaired) electrons. The van der Waals surface area contributed by atoms with Crippen molar-refractivity contribution in [2.75, 3.05) is 24.3 Å². The molecular formula is C15H14N4O. The number of nitriles is 1. The largest absolute Gasteiger partial charge is 0.373 e. The molecule has 1 aromatic carbocycles. The van der Waals surface area contributed by atoms with Gasteiger partial charge >= 0.3 is 0 Å². The standard InChI is InChI=1S/C15H14N4O/c1-17-14-9-12(7-8-18-14)15(20)19(2)13-5-3-11(10-16)4-6-13/h3-9H,1-2H3,(H,17,18). The van der Waals surface area contributed by atoms with E-state index < -0.39 is 0 Å². The third-order valence-corrected chi connectivity index (χ3v) is 2.95. The van der Waals surface area contributed by atoms with Crippen LogP contribution in [0.4, 0.5) is 11.5 Å². The van der Waals surface area contributed by atoms with Crippen molar-refractivity contribution in [1.82, 2.24) is 4.98 Å². The lowest BCUT2D eigenvalue weighted by atomic mass is 10.2. The Kier molecular flexibility index (Phi) is 3.96. The maximum Gasteiger partial charge on any atom is 0.258 e. The molecule has 0 unspecified atom stereocenters. The van der Waals surface area contributed by atoms with Gasteiger partial charge in [0, 0.05) is 31.5 Å². The maximum atomic E-state index is 12.4. The van der Waals surface area contributed by atoms with Crippen LogP contribution >= 0.6 is 0 Å². The molecule has 100 valence electrons. The summed E-state index contributed by atoms with van der Waals surface area (Å²) in [5, 5.41) is 11.7. The highest BCUT2D eigenvalue weighted by Gasteiger charge is 2.14. The van der Waals surface area contributed by atoms with Crippen molar-refractivity contribution in [3.8, 4) is 6.07 Å². The Hall–Kier alpha value is -2.87. The Labute approximate surface area is 117 Å². The molecule has 1 amide bonds. The zero-order chi connectivity index (χ0) is 14.5. The Morgan fingerprint density at radius 2 is 2.00 bits per heavy atom. The number of nitrogens with one attached hydrogen (secondary N) is 1. The highest BCUT2D eigenvalue weighted by Crippen LogP contribution is 2.17. The number of benzene rings is 1. The van der Waals surface area contributed by atoms with Crippen molar-refractivity contribution in [3.05, 3.63) is 53.7 Å². The van der Waals surface area contributed by atoms with Gasteiger partial charge in [0.2, 0.25) is 0 Å². The Bertz CT molecular complexity index is 658. The van der Waals surface area contributed by atoms with Gasteiger partial charge in [0.1, 0.15) is 5.82 Å². The summed E-state index contributed by atoms with van der Waals surface area (Å²) in [5.41, 5.74) is 1.85. The van der Waals surface area contributed by atoms with E-state index in [0.29, 0.717) is 16.9 Å². The molecule has 2 aromatic rings. The topological polar surface area (TPSA) is 69.0 Å². The van der Waals surface area contributed by atoms with Gasteiger partial charge < -0.3 is 10.2 Å². The van der Waals surface area contributed by atoms with Crippen LogP contribution in [0.3, 0.4) is 0 Å².